The van der Waals surface area contributed by atoms with Gasteiger partial charge in [0, 0.05) is 29.8 Å². The fraction of sp³-hybridized carbons (Fsp3) is 0.133. The fourth-order valence-electron chi connectivity index (χ4n) is 1.92. The SMILES string of the molecule is Cc1cnc(Nc2ccc(Cn3cccn3)cc2)nc1N. The third kappa shape index (κ3) is 3.17. The standard InChI is InChI=1S/C15H16N6/c1-11-9-17-15(20-14(11)16)19-13-5-3-12(4-6-13)10-21-8-2-7-18-21/h2-9H,10H2,1H3,(H3,16,17,19,20). The second-order valence-electron chi connectivity index (χ2n) is 4.79. The van der Waals surface area contributed by atoms with Crippen LogP contribution in [0.3, 0.4) is 0 Å². The molecular weight excluding hydrogens is 264 g/mol. The molecule has 0 unspecified atom stereocenters. The van der Waals surface area contributed by atoms with Gasteiger partial charge in [0.15, 0.2) is 0 Å². The van der Waals surface area contributed by atoms with Crippen molar-refractivity contribution in [3.63, 3.8) is 0 Å². The lowest BCUT2D eigenvalue weighted by Crippen LogP contribution is -2.02. The summed E-state index contributed by atoms with van der Waals surface area (Å²) in [4.78, 5) is 8.39. The first-order chi connectivity index (χ1) is 10.2. The summed E-state index contributed by atoms with van der Waals surface area (Å²) in [5.74, 6) is 0.987. The van der Waals surface area contributed by atoms with Crippen LogP contribution in [0, 0.1) is 6.92 Å². The van der Waals surface area contributed by atoms with E-state index in [1.165, 1.54) is 5.56 Å². The number of nitrogens with one attached hydrogen (secondary N) is 1. The number of aryl methyl sites for hydroxylation is 1. The number of nitrogens with zero attached hydrogens (tertiary/aromatic N) is 4. The van der Waals surface area contributed by atoms with E-state index >= 15 is 0 Å². The van der Waals surface area contributed by atoms with Gasteiger partial charge in [0.25, 0.3) is 0 Å². The fourth-order valence-corrected chi connectivity index (χ4v) is 1.92. The molecule has 2 heterocycles. The summed E-state index contributed by atoms with van der Waals surface area (Å²) in [6.45, 7) is 2.63. The highest BCUT2D eigenvalue weighted by Crippen LogP contribution is 2.16. The van der Waals surface area contributed by atoms with Crippen LogP contribution in [0.4, 0.5) is 17.5 Å². The predicted molar refractivity (Wildman–Crippen MR) is 82.2 cm³/mol. The molecule has 0 aliphatic carbocycles. The van der Waals surface area contributed by atoms with Gasteiger partial charge in [0.05, 0.1) is 6.54 Å². The summed E-state index contributed by atoms with van der Waals surface area (Å²) in [6.07, 6.45) is 5.42. The van der Waals surface area contributed by atoms with Crippen molar-refractivity contribution in [3.05, 3.63) is 60.0 Å². The van der Waals surface area contributed by atoms with Gasteiger partial charge in [0.1, 0.15) is 5.82 Å². The third-order valence-corrected chi connectivity index (χ3v) is 3.12. The topological polar surface area (TPSA) is 81.7 Å². The van der Waals surface area contributed by atoms with E-state index in [-0.39, 0.29) is 0 Å². The van der Waals surface area contributed by atoms with Gasteiger partial charge in [0.2, 0.25) is 5.95 Å². The first-order valence-electron chi connectivity index (χ1n) is 6.63. The van der Waals surface area contributed by atoms with E-state index in [0.29, 0.717) is 11.8 Å². The van der Waals surface area contributed by atoms with Gasteiger partial charge in [-0.05, 0) is 30.7 Å². The predicted octanol–water partition coefficient (Wildman–Crippen LogP) is 2.36. The molecule has 0 bridgehead atoms. The molecule has 0 saturated heterocycles. The van der Waals surface area contributed by atoms with Crippen LogP contribution in [-0.4, -0.2) is 19.7 Å². The van der Waals surface area contributed by atoms with Gasteiger partial charge in [-0.1, -0.05) is 12.1 Å². The molecule has 0 aliphatic heterocycles. The highest BCUT2D eigenvalue weighted by atomic mass is 15.3. The Morgan fingerprint density at radius 3 is 2.71 bits per heavy atom. The van der Waals surface area contributed by atoms with E-state index < -0.39 is 0 Å². The van der Waals surface area contributed by atoms with E-state index in [1.807, 2.05) is 48.1 Å². The van der Waals surface area contributed by atoms with Crippen LogP contribution in [0.2, 0.25) is 0 Å². The molecule has 2 aromatic heterocycles. The van der Waals surface area contributed by atoms with E-state index in [0.717, 1.165) is 17.8 Å². The van der Waals surface area contributed by atoms with E-state index in [2.05, 4.69) is 20.4 Å². The van der Waals surface area contributed by atoms with Crippen molar-refractivity contribution < 1.29 is 0 Å². The zero-order valence-electron chi connectivity index (χ0n) is 11.7. The van der Waals surface area contributed by atoms with Crippen LogP contribution in [0.1, 0.15) is 11.1 Å². The molecule has 0 aliphatic rings. The molecule has 21 heavy (non-hydrogen) atoms. The molecule has 0 saturated carbocycles. The van der Waals surface area contributed by atoms with Gasteiger partial charge in [-0.15, -0.1) is 0 Å². The number of anilines is 3. The summed E-state index contributed by atoms with van der Waals surface area (Å²) in [5.41, 5.74) is 8.74. The number of aromatic nitrogens is 4. The first kappa shape index (κ1) is 13.1. The lowest BCUT2D eigenvalue weighted by Gasteiger charge is -2.07. The molecule has 0 atom stereocenters. The van der Waals surface area contributed by atoms with Gasteiger partial charge in [-0.3, -0.25) is 4.68 Å². The van der Waals surface area contributed by atoms with Crippen LogP contribution in [-0.2, 0) is 6.54 Å². The van der Waals surface area contributed by atoms with E-state index in [4.69, 9.17) is 5.73 Å². The van der Waals surface area contributed by atoms with E-state index in [9.17, 15) is 0 Å². The normalized spacial score (nSPS) is 10.5. The summed E-state index contributed by atoms with van der Waals surface area (Å²) in [6, 6.07) is 9.97. The lowest BCUT2D eigenvalue weighted by molar-refractivity contribution is 0.687. The zero-order chi connectivity index (χ0) is 14.7. The Hall–Kier alpha value is -2.89. The first-order valence-corrected chi connectivity index (χ1v) is 6.63. The highest BCUT2D eigenvalue weighted by molar-refractivity contribution is 5.55. The molecule has 0 amide bonds. The van der Waals surface area contributed by atoms with Gasteiger partial charge in [-0.25, -0.2) is 4.98 Å². The Morgan fingerprint density at radius 2 is 2.05 bits per heavy atom. The smallest absolute Gasteiger partial charge is 0.229 e. The molecule has 6 nitrogen and oxygen atoms in total. The minimum Gasteiger partial charge on any atom is -0.383 e. The molecule has 1 aromatic carbocycles. The number of nitrogens with two attached hydrogens (primary N) is 1. The van der Waals surface area contributed by atoms with Crippen molar-refractivity contribution >= 4 is 17.5 Å². The summed E-state index contributed by atoms with van der Waals surface area (Å²) < 4.78 is 1.88. The molecule has 6 heteroatoms. The lowest BCUT2D eigenvalue weighted by atomic mass is 10.2. The molecule has 106 valence electrons. The number of hydrogen-bond acceptors (Lipinski definition) is 5. The van der Waals surface area contributed by atoms with Crippen LogP contribution in [0.25, 0.3) is 0 Å². The molecule has 0 fully saturated rings. The summed E-state index contributed by atoms with van der Waals surface area (Å²) in [7, 11) is 0. The monoisotopic (exact) mass is 280 g/mol. The molecule has 3 aromatic rings. The minimum atomic E-state index is 0.489. The Morgan fingerprint density at radius 1 is 1.24 bits per heavy atom. The maximum Gasteiger partial charge on any atom is 0.229 e. The molecule has 3 rings (SSSR count). The van der Waals surface area contributed by atoms with Crippen molar-refractivity contribution in [2.45, 2.75) is 13.5 Å². The molecule has 0 radical (unpaired) electrons. The molecular formula is C15H16N6. The van der Waals surface area contributed by atoms with Crippen LogP contribution < -0.4 is 11.1 Å². The van der Waals surface area contributed by atoms with Gasteiger partial charge < -0.3 is 11.1 Å². The molecule has 0 spiro atoms. The quantitative estimate of drug-likeness (QED) is 0.766. The summed E-state index contributed by atoms with van der Waals surface area (Å²) in [5, 5.41) is 7.32. The number of nitrogen functional groups attached to an aromatic ring is 1. The average Bonchev–Trinajstić information content (AvgIpc) is 2.98. The second kappa shape index (κ2) is 5.62. The Kier molecular flexibility index (Phi) is 3.51. The second-order valence-corrected chi connectivity index (χ2v) is 4.79. The van der Waals surface area contributed by atoms with Crippen LogP contribution in [0.5, 0.6) is 0 Å². The summed E-state index contributed by atoms with van der Waals surface area (Å²) >= 11 is 0. The van der Waals surface area contributed by atoms with Gasteiger partial charge >= 0.3 is 0 Å². The van der Waals surface area contributed by atoms with Crippen molar-refractivity contribution in [2.24, 2.45) is 0 Å². The van der Waals surface area contributed by atoms with Crippen molar-refractivity contribution in [2.75, 3.05) is 11.1 Å². The highest BCUT2D eigenvalue weighted by Gasteiger charge is 2.01. The van der Waals surface area contributed by atoms with Crippen molar-refractivity contribution in [1.29, 1.82) is 0 Å². The number of rotatable bonds is 4. The maximum atomic E-state index is 5.77. The van der Waals surface area contributed by atoms with E-state index in [1.54, 1.807) is 12.4 Å². The average molecular weight is 280 g/mol. The Balaban J connectivity index is 1.70. The van der Waals surface area contributed by atoms with Crippen molar-refractivity contribution in [1.82, 2.24) is 19.7 Å². The van der Waals surface area contributed by atoms with Crippen LogP contribution in [0.15, 0.2) is 48.9 Å². The maximum absolute atomic E-state index is 5.77. The third-order valence-electron chi connectivity index (χ3n) is 3.12. The van der Waals surface area contributed by atoms with Crippen molar-refractivity contribution in [3.8, 4) is 0 Å². The van der Waals surface area contributed by atoms with Gasteiger partial charge in [-0.2, -0.15) is 10.1 Å². The Labute approximate surface area is 122 Å². The minimum absolute atomic E-state index is 0.489. The Bertz CT molecular complexity index is 718. The zero-order valence-corrected chi connectivity index (χ0v) is 11.7. The largest absolute Gasteiger partial charge is 0.383 e. The molecule has 3 N–H and O–H groups in total. The number of benzene rings is 1. The number of hydrogen-bond donors (Lipinski definition) is 2. The van der Waals surface area contributed by atoms with Crippen LogP contribution >= 0.6 is 0 Å².